The normalized spacial score (nSPS) is 14.9. The quantitative estimate of drug-likeness (QED) is 0.743. The number of aromatic nitrogens is 4. The van der Waals surface area contributed by atoms with Crippen molar-refractivity contribution in [2.45, 2.75) is 26.7 Å². The van der Waals surface area contributed by atoms with Gasteiger partial charge in [-0.15, -0.1) is 15.3 Å². The van der Waals surface area contributed by atoms with E-state index < -0.39 is 0 Å². The number of fused-ring (bicyclic) bond motifs is 1. The molecule has 4 rings (SSSR count). The van der Waals surface area contributed by atoms with Crippen LogP contribution in [0.2, 0.25) is 0 Å². The smallest absolute Gasteiger partial charge is 0.178 e. The number of anilines is 1. The number of hydrogen-bond acceptors (Lipinski definition) is 4. The molecule has 1 aliphatic rings. The van der Waals surface area contributed by atoms with E-state index in [1.54, 1.807) is 4.52 Å². The van der Waals surface area contributed by atoms with Gasteiger partial charge in [0.1, 0.15) is 5.82 Å². The minimum atomic E-state index is 0.792. The molecule has 0 spiro atoms. The molecule has 0 fully saturated rings. The van der Waals surface area contributed by atoms with Crippen molar-refractivity contribution in [3.8, 4) is 0 Å². The zero-order valence-corrected chi connectivity index (χ0v) is 14.1. The highest BCUT2D eigenvalue weighted by atomic mass is 15.4. The Morgan fingerprint density at radius 2 is 1.88 bits per heavy atom. The predicted molar refractivity (Wildman–Crippen MR) is 96.1 cm³/mol. The van der Waals surface area contributed by atoms with E-state index in [1.165, 1.54) is 16.7 Å². The summed E-state index contributed by atoms with van der Waals surface area (Å²) in [5.74, 6) is 1.79. The highest BCUT2D eigenvalue weighted by molar-refractivity contribution is 5.68. The minimum Gasteiger partial charge on any atom is -0.351 e. The number of aryl methyl sites for hydroxylation is 2. The second kappa shape index (κ2) is 6.07. The Morgan fingerprint density at radius 1 is 1.04 bits per heavy atom. The molecule has 2 aromatic heterocycles. The maximum Gasteiger partial charge on any atom is 0.178 e. The average molecular weight is 319 g/mol. The molecule has 0 saturated heterocycles. The van der Waals surface area contributed by atoms with Crippen molar-refractivity contribution < 1.29 is 0 Å². The van der Waals surface area contributed by atoms with Crippen LogP contribution in [0.25, 0.3) is 11.2 Å². The Kier molecular flexibility index (Phi) is 3.76. The summed E-state index contributed by atoms with van der Waals surface area (Å²) in [5.41, 5.74) is 4.94. The molecule has 3 aromatic rings. The highest BCUT2D eigenvalue weighted by Crippen LogP contribution is 2.25. The molecule has 0 bridgehead atoms. The number of benzene rings is 1. The fourth-order valence-electron chi connectivity index (χ4n) is 3.15. The molecular weight excluding hydrogens is 298 g/mol. The van der Waals surface area contributed by atoms with E-state index in [1.807, 2.05) is 19.1 Å². The van der Waals surface area contributed by atoms with Crippen molar-refractivity contribution in [3.63, 3.8) is 0 Å². The van der Waals surface area contributed by atoms with Crippen molar-refractivity contribution in [1.29, 1.82) is 0 Å². The van der Waals surface area contributed by atoms with Gasteiger partial charge in [0.2, 0.25) is 0 Å². The fraction of sp³-hybridized carbons (Fsp3) is 0.316. The molecular formula is C19H21N5. The lowest BCUT2D eigenvalue weighted by atomic mass is 9.98. The summed E-state index contributed by atoms with van der Waals surface area (Å²) in [7, 11) is 0. The summed E-state index contributed by atoms with van der Waals surface area (Å²) < 4.78 is 1.80. The molecule has 0 N–H and O–H groups in total. The van der Waals surface area contributed by atoms with Gasteiger partial charge in [0.15, 0.2) is 11.5 Å². The van der Waals surface area contributed by atoms with Gasteiger partial charge in [-0.25, -0.2) is 0 Å². The van der Waals surface area contributed by atoms with E-state index in [9.17, 15) is 0 Å². The largest absolute Gasteiger partial charge is 0.351 e. The van der Waals surface area contributed by atoms with Gasteiger partial charge < -0.3 is 4.90 Å². The van der Waals surface area contributed by atoms with E-state index in [0.717, 1.165) is 43.2 Å². The van der Waals surface area contributed by atoms with Crippen molar-refractivity contribution in [2.24, 2.45) is 0 Å². The average Bonchev–Trinajstić information content (AvgIpc) is 3.02. The molecule has 0 saturated carbocycles. The molecule has 0 unspecified atom stereocenters. The van der Waals surface area contributed by atoms with Gasteiger partial charge in [0.25, 0.3) is 0 Å². The highest BCUT2D eigenvalue weighted by Gasteiger charge is 2.15. The topological polar surface area (TPSA) is 46.3 Å². The molecule has 5 heteroatoms. The van der Waals surface area contributed by atoms with E-state index in [-0.39, 0.29) is 0 Å². The monoisotopic (exact) mass is 319 g/mol. The lowest BCUT2D eigenvalue weighted by Crippen LogP contribution is -2.29. The number of rotatable bonds is 3. The van der Waals surface area contributed by atoms with Crippen LogP contribution >= 0.6 is 0 Å². The molecule has 0 amide bonds. The molecule has 0 atom stereocenters. The van der Waals surface area contributed by atoms with Crippen LogP contribution in [-0.4, -0.2) is 32.9 Å². The summed E-state index contributed by atoms with van der Waals surface area (Å²) in [6.45, 7) is 5.96. The standard InChI is InChI=1S/C19H21N5/c1-3-15-4-6-16(7-5-15)17-10-12-23(13-11-17)19-9-8-18-21-20-14(2)24(18)22-19/h4-10H,3,11-13H2,1-2H3. The van der Waals surface area contributed by atoms with Gasteiger partial charge in [0.05, 0.1) is 0 Å². The van der Waals surface area contributed by atoms with Gasteiger partial charge in [-0.1, -0.05) is 37.3 Å². The Labute approximate surface area is 141 Å². The van der Waals surface area contributed by atoms with Crippen molar-refractivity contribution in [3.05, 3.63) is 59.4 Å². The maximum atomic E-state index is 4.67. The summed E-state index contributed by atoms with van der Waals surface area (Å²) in [5, 5.41) is 12.8. The third-order valence-electron chi connectivity index (χ3n) is 4.67. The van der Waals surface area contributed by atoms with Gasteiger partial charge in [-0.3, -0.25) is 0 Å². The molecule has 5 nitrogen and oxygen atoms in total. The summed E-state index contributed by atoms with van der Waals surface area (Å²) in [4.78, 5) is 2.29. The number of hydrogen-bond donors (Lipinski definition) is 0. The number of nitrogens with zero attached hydrogens (tertiary/aromatic N) is 5. The molecule has 1 aromatic carbocycles. The van der Waals surface area contributed by atoms with Gasteiger partial charge in [0, 0.05) is 13.1 Å². The predicted octanol–water partition coefficient (Wildman–Crippen LogP) is 3.29. The van der Waals surface area contributed by atoms with Crippen LogP contribution in [0.4, 0.5) is 5.82 Å². The first-order chi connectivity index (χ1) is 11.7. The third-order valence-corrected chi connectivity index (χ3v) is 4.67. The summed E-state index contributed by atoms with van der Waals surface area (Å²) in [6.07, 6.45) is 4.44. The van der Waals surface area contributed by atoms with Crippen molar-refractivity contribution in [2.75, 3.05) is 18.0 Å². The van der Waals surface area contributed by atoms with E-state index in [0.29, 0.717) is 0 Å². The van der Waals surface area contributed by atoms with Crippen LogP contribution < -0.4 is 4.90 Å². The zero-order valence-electron chi connectivity index (χ0n) is 14.1. The Hall–Kier alpha value is -2.69. The van der Waals surface area contributed by atoms with Crippen LogP contribution in [0, 0.1) is 6.92 Å². The van der Waals surface area contributed by atoms with E-state index in [4.69, 9.17) is 0 Å². The Balaban J connectivity index is 1.55. The lowest BCUT2D eigenvalue weighted by molar-refractivity contribution is 0.778. The summed E-state index contributed by atoms with van der Waals surface area (Å²) >= 11 is 0. The van der Waals surface area contributed by atoms with Crippen LogP contribution in [0.15, 0.2) is 42.5 Å². The second-order valence-electron chi connectivity index (χ2n) is 6.18. The molecule has 3 heterocycles. The first-order valence-corrected chi connectivity index (χ1v) is 8.47. The fourth-order valence-corrected chi connectivity index (χ4v) is 3.15. The van der Waals surface area contributed by atoms with Gasteiger partial charge in [-0.05, 0) is 48.6 Å². The van der Waals surface area contributed by atoms with Crippen LogP contribution in [-0.2, 0) is 6.42 Å². The first kappa shape index (κ1) is 14.9. The molecule has 1 aliphatic heterocycles. The molecule has 24 heavy (non-hydrogen) atoms. The van der Waals surface area contributed by atoms with E-state index in [2.05, 4.69) is 57.5 Å². The van der Waals surface area contributed by atoms with Crippen molar-refractivity contribution >= 4 is 17.0 Å². The Bertz CT molecular complexity index is 892. The third kappa shape index (κ3) is 2.66. The van der Waals surface area contributed by atoms with Crippen LogP contribution in [0.3, 0.4) is 0 Å². The second-order valence-corrected chi connectivity index (χ2v) is 6.18. The first-order valence-electron chi connectivity index (χ1n) is 8.47. The van der Waals surface area contributed by atoms with Crippen LogP contribution in [0.5, 0.6) is 0 Å². The molecule has 0 radical (unpaired) electrons. The van der Waals surface area contributed by atoms with Crippen molar-refractivity contribution in [1.82, 2.24) is 19.8 Å². The van der Waals surface area contributed by atoms with E-state index >= 15 is 0 Å². The Morgan fingerprint density at radius 3 is 2.58 bits per heavy atom. The lowest BCUT2D eigenvalue weighted by Gasteiger charge is -2.27. The zero-order chi connectivity index (χ0) is 16.5. The summed E-state index contributed by atoms with van der Waals surface area (Å²) in [6, 6.07) is 12.9. The van der Waals surface area contributed by atoms with Crippen LogP contribution in [0.1, 0.15) is 30.3 Å². The molecule has 0 aliphatic carbocycles. The SMILES string of the molecule is CCc1ccc(C2=CCN(c3ccc4nnc(C)n4n3)CC2)cc1. The molecule has 122 valence electrons. The maximum absolute atomic E-state index is 4.67. The van der Waals surface area contributed by atoms with Gasteiger partial charge in [-0.2, -0.15) is 4.52 Å². The van der Waals surface area contributed by atoms with Gasteiger partial charge >= 0.3 is 0 Å². The minimum absolute atomic E-state index is 0.792.